The minimum absolute atomic E-state index is 0.140. The second-order valence-electron chi connectivity index (χ2n) is 5.03. The van der Waals surface area contributed by atoms with Crippen molar-refractivity contribution < 1.29 is 8.42 Å². The lowest BCUT2D eigenvalue weighted by atomic mass is 10.2. The lowest BCUT2D eigenvalue weighted by molar-refractivity contribution is 0.394. The molecule has 0 aromatic heterocycles. The van der Waals surface area contributed by atoms with Gasteiger partial charge in [0.05, 0.1) is 4.90 Å². The van der Waals surface area contributed by atoms with Crippen LogP contribution >= 0.6 is 11.8 Å². The first-order valence-corrected chi connectivity index (χ1v) is 9.11. The number of thioether (sulfide) groups is 1. The molecule has 0 radical (unpaired) electrons. The Bertz CT molecular complexity index is 580. The van der Waals surface area contributed by atoms with Crippen molar-refractivity contribution >= 4 is 27.5 Å². The summed E-state index contributed by atoms with van der Waals surface area (Å²) in [4.78, 5) is 0.425. The third-order valence-electron chi connectivity index (χ3n) is 3.88. The number of rotatable bonds is 3. The minimum atomic E-state index is -3.35. The quantitative estimate of drug-likeness (QED) is 0.924. The Morgan fingerprint density at radius 3 is 3.00 bits per heavy atom. The first-order chi connectivity index (χ1) is 9.09. The Kier molecular flexibility index (Phi) is 3.49. The van der Waals surface area contributed by atoms with Crippen LogP contribution in [0, 0.1) is 0 Å². The molecule has 3 rings (SSSR count). The molecule has 2 aliphatic heterocycles. The maximum absolute atomic E-state index is 12.6. The smallest absolute Gasteiger partial charge is 0.243 e. The molecule has 1 N–H and O–H groups in total. The van der Waals surface area contributed by atoms with Gasteiger partial charge in [0, 0.05) is 31.1 Å². The molecule has 1 unspecified atom stereocenters. The van der Waals surface area contributed by atoms with Crippen molar-refractivity contribution in [3.05, 3.63) is 23.8 Å². The fourth-order valence-corrected chi connectivity index (χ4v) is 5.41. The van der Waals surface area contributed by atoms with Crippen LogP contribution in [0.25, 0.3) is 0 Å². The van der Waals surface area contributed by atoms with Crippen LogP contribution in [0.1, 0.15) is 12.0 Å². The highest BCUT2D eigenvalue weighted by Crippen LogP contribution is 2.29. The van der Waals surface area contributed by atoms with Gasteiger partial charge in [0.1, 0.15) is 0 Å². The third kappa shape index (κ3) is 2.37. The van der Waals surface area contributed by atoms with Gasteiger partial charge in [0.2, 0.25) is 10.0 Å². The van der Waals surface area contributed by atoms with Crippen LogP contribution in [-0.4, -0.2) is 43.9 Å². The maximum atomic E-state index is 12.6. The Labute approximate surface area is 118 Å². The zero-order chi connectivity index (χ0) is 13.5. The molecule has 0 bridgehead atoms. The second kappa shape index (κ2) is 5.00. The molecule has 1 aromatic carbocycles. The largest absolute Gasteiger partial charge is 0.384 e. The van der Waals surface area contributed by atoms with E-state index in [9.17, 15) is 8.42 Å². The Morgan fingerprint density at radius 2 is 2.26 bits per heavy atom. The molecule has 1 fully saturated rings. The second-order valence-corrected chi connectivity index (χ2v) is 8.18. The van der Waals surface area contributed by atoms with Crippen molar-refractivity contribution in [1.29, 1.82) is 0 Å². The molecule has 4 nitrogen and oxygen atoms in total. The SMILES string of the molecule is CN(C1CCSC1)S(=O)(=O)c1ccc2c(c1)CCN2. The predicted molar refractivity (Wildman–Crippen MR) is 79.3 cm³/mol. The molecule has 1 saturated heterocycles. The highest BCUT2D eigenvalue weighted by Gasteiger charge is 2.30. The van der Waals surface area contributed by atoms with Gasteiger partial charge >= 0.3 is 0 Å². The van der Waals surface area contributed by atoms with E-state index in [-0.39, 0.29) is 6.04 Å². The van der Waals surface area contributed by atoms with Gasteiger partial charge in [-0.15, -0.1) is 0 Å². The summed E-state index contributed by atoms with van der Waals surface area (Å²) < 4.78 is 26.8. The van der Waals surface area contributed by atoms with Crippen LogP contribution in [0.2, 0.25) is 0 Å². The molecule has 0 spiro atoms. The summed E-state index contributed by atoms with van der Waals surface area (Å²) in [7, 11) is -1.65. The molecule has 104 valence electrons. The third-order valence-corrected chi connectivity index (χ3v) is 6.93. The van der Waals surface area contributed by atoms with Crippen LogP contribution < -0.4 is 5.32 Å². The van der Waals surface area contributed by atoms with Gasteiger partial charge < -0.3 is 5.32 Å². The van der Waals surface area contributed by atoms with Gasteiger partial charge in [-0.1, -0.05) is 0 Å². The number of anilines is 1. The first-order valence-electron chi connectivity index (χ1n) is 6.51. The summed E-state index contributed by atoms with van der Waals surface area (Å²) in [5.41, 5.74) is 2.17. The minimum Gasteiger partial charge on any atom is -0.384 e. The Hall–Kier alpha value is -0.720. The number of fused-ring (bicyclic) bond motifs is 1. The molecule has 0 aliphatic carbocycles. The van der Waals surface area contributed by atoms with Crippen molar-refractivity contribution in [3.8, 4) is 0 Å². The van der Waals surface area contributed by atoms with Crippen molar-refractivity contribution in [2.24, 2.45) is 0 Å². The average molecular weight is 298 g/mol. The summed E-state index contributed by atoms with van der Waals surface area (Å²) in [5, 5.41) is 3.25. The van der Waals surface area contributed by atoms with Crippen LogP contribution in [0.4, 0.5) is 5.69 Å². The van der Waals surface area contributed by atoms with E-state index in [0.717, 1.165) is 42.1 Å². The van der Waals surface area contributed by atoms with E-state index in [4.69, 9.17) is 0 Å². The van der Waals surface area contributed by atoms with E-state index in [2.05, 4.69) is 5.32 Å². The van der Waals surface area contributed by atoms with Crippen LogP contribution in [0.3, 0.4) is 0 Å². The van der Waals surface area contributed by atoms with Crippen molar-refractivity contribution in [2.45, 2.75) is 23.8 Å². The number of hydrogen-bond acceptors (Lipinski definition) is 4. The van der Waals surface area contributed by atoms with Crippen molar-refractivity contribution in [2.75, 3.05) is 30.4 Å². The van der Waals surface area contributed by atoms with E-state index >= 15 is 0 Å². The van der Waals surface area contributed by atoms with Gasteiger partial charge in [-0.05, 0) is 42.4 Å². The molecule has 0 saturated carbocycles. The zero-order valence-corrected chi connectivity index (χ0v) is 12.6. The zero-order valence-electron chi connectivity index (χ0n) is 10.9. The predicted octanol–water partition coefficient (Wildman–Crippen LogP) is 1.78. The highest BCUT2D eigenvalue weighted by atomic mass is 32.2. The van der Waals surface area contributed by atoms with E-state index < -0.39 is 10.0 Å². The molecule has 6 heteroatoms. The molecular weight excluding hydrogens is 280 g/mol. The standard InChI is InChI=1S/C13H18N2O2S2/c1-15(11-5-7-18-9-11)19(16,17)12-2-3-13-10(8-12)4-6-14-13/h2-3,8,11,14H,4-7,9H2,1H3. The molecule has 2 heterocycles. The average Bonchev–Trinajstić information content (AvgIpc) is 3.07. The number of sulfonamides is 1. The van der Waals surface area contributed by atoms with Gasteiger partial charge in [-0.2, -0.15) is 16.1 Å². The number of nitrogens with zero attached hydrogens (tertiary/aromatic N) is 1. The summed E-state index contributed by atoms with van der Waals surface area (Å²) in [6.07, 6.45) is 1.86. The fourth-order valence-electron chi connectivity index (χ4n) is 2.61. The summed E-state index contributed by atoms with van der Waals surface area (Å²) in [6, 6.07) is 5.56. The number of benzene rings is 1. The number of nitrogens with one attached hydrogen (secondary N) is 1. The Morgan fingerprint density at radius 1 is 1.42 bits per heavy atom. The number of hydrogen-bond donors (Lipinski definition) is 1. The molecule has 0 amide bonds. The normalized spacial score (nSPS) is 22.5. The molecule has 1 aromatic rings. The van der Waals surface area contributed by atoms with E-state index in [0.29, 0.717) is 4.90 Å². The summed E-state index contributed by atoms with van der Waals surface area (Å²) >= 11 is 1.83. The Balaban J connectivity index is 1.91. The summed E-state index contributed by atoms with van der Waals surface area (Å²) in [5.74, 6) is 1.96. The maximum Gasteiger partial charge on any atom is 0.243 e. The molecule has 19 heavy (non-hydrogen) atoms. The van der Waals surface area contributed by atoms with E-state index in [1.807, 2.05) is 23.9 Å². The molecular formula is C13H18N2O2S2. The van der Waals surface area contributed by atoms with E-state index in [1.54, 1.807) is 17.4 Å². The van der Waals surface area contributed by atoms with Crippen LogP contribution in [0.5, 0.6) is 0 Å². The van der Waals surface area contributed by atoms with E-state index in [1.165, 1.54) is 0 Å². The van der Waals surface area contributed by atoms with Crippen LogP contribution in [0.15, 0.2) is 23.1 Å². The van der Waals surface area contributed by atoms with Gasteiger partial charge in [-0.3, -0.25) is 0 Å². The van der Waals surface area contributed by atoms with Crippen LogP contribution in [-0.2, 0) is 16.4 Å². The summed E-state index contributed by atoms with van der Waals surface area (Å²) in [6.45, 7) is 0.897. The lowest BCUT2D eigenvalue weighted by Gasteiger charge is -2.23. The van der Waals surface area contributed by atoms with Crippen molar-refractivity contribution in [1.82, 2.24) is 4.31 Å². The topological polar surface area (TPSA) is 49.4 Å². The fraction of sp³-hybridized carbons (Fsp3) is 0.538. The monoisotopic (exact) mass is 298 g/mol. The van der Waals surface area contributed by atoms with Crippen molar-refractivity contribution in [3.63, 3.8) is 0 Å². The first kappa shape index (κ1) is 13.3. The van der Waals surface area contributed by atoms with Gasteiger partial charge in [0.15, 0.2) is 0 Å². The van der Waals surface area contributed by atoms with Gasteiger partial charge in [0.25, 0.3) is 0 Å². The van der Waals surface area contributed by atoms with Gasteiger partial charge in [-0.25, -0.2) is 8.42 Å². The highest BCUT2D eigenvalue weighted by molar-refractivity contribution is 7.99. The lowest BCUT2D eigenvalue weighted by Crippen LogP contribution is -2.36. The molecule has 2 aliphatic rings. The molecule has 1 atom stereocenters.